The first-order valence-corrected chi connectivity index (χ1v) is 11.0. The quantitative estimate of drug-likeness (QED) is 0.349. The van der Waals surface area contributed by atoms with Gasteiger partial charge in [0.05, 0.1) is 5.92 Å². The molecule has 2 aromatic carbocycles. The van der Waals surface area contributed by atoms with Crippen LogP contribution in [0.15, 0.2) is 48.5 Å². The fraction of sp³-hybridized carbons (Fsp3) is 0.417. The molecule has 9 heteroatoms. The number of ketones is 1. The lowest BCUT2D eigenvalue weighted by Crippen LogP contribution is -2.38. The third kappa shape index (κ3) is 7.49. The van der Waals surface area contributed by atoms with Gasteiger partial charge in [0, 0.05) is 43.1 Å². The summed E-state index contributed by atoms with van der Waals surface area (Å²) in [4.78, 5) is 23.5. The molecule has 0 spiro atoms. The summed E-state index contributed by atoms with van der Waals surface area (Å²) in [6.45, 7) is 1.98. The van der Waals surface area contributed by atoms with E-state index < -0.39 is 23.8 Å². The maximum absolute atomic E-state index is 12.8. The van der Waals surface area contributed by atoms with Gasteiger partial charge >= 0.3 is 12.1 Å². The molecule has 0 saturated carbocycles. The van der Waals surface area contributed by atoms with Crippen molar-refractivity contribution in [3.05, 3.63) is 54.1 Å². The van der Waals surface area contributed by atoms with Gasteiger partial charge in [0.1, 0.15) is 0 Å². The largest absolute Gasteiger partial charge is 0.476 e. The van der Waals surface area contributed by atoms with Gasteiger partial charge in [-0.3, -0.25) is 4.79 Å². The molecule has 3 N–H and O–H groups in total. The van der Waals surface area contributed by atoms with Crippen LogP contribution in [0.2, 0.25) is 0 Å². The monoisotopic (exact) mass is 463 g/mol. The number of Topliss-reactive ketones (excluding diaryl/α,β-unsaturated/α-hetero) is 1. The maximum Gasteiger partial charge on any atom is 0.391 e. The van der Waals surface area contributed by atoms with Gasteiger partial charge in [-0.1, -0.05) is 12.1 Å². The Morgan fingerprint density at radius 1 is 0.970 bits per heavy atom. The number of aliphatic carboxylic acids is 1. The minimum Gasteiger partial charge on any atom is -0.476 e. The number of carboxylic acids is 1. The summed E-state index contributed by atoms with van der Waals surface area (Å²) in [5.41, 5.74) is 3.78. The molecule has 0 amide bonds. The van der Waals surface area contributed by atoms with Crippen LogP contribution in [-0.4, -0.2) is 42.7 Å². The molecule has 0 unspecified atom stereocenters. The van der Waals surface area contributed by atoms with E-state index in [4.69, 9.17) is 5.11 Å². The van der Waals surface area contributed by atoms with Gasteiger partial charge in [0.15, 0.2) is 0 Å². The molecule has 0 atom stereocenters. The number of nitrogens with zero attached hydrogens (tertiary/aromatic N) is 1. The highest BCUT2D eigenvalue weighted by Gasteiger charge is 2.41. The number of benzene rings is 2. The van der Waals surface area contributed by atoms with Gasteiger partial charge < -0.3 is 20.6 Å². The lowest BCUT2D eigenvalue weighted by molar-refractivity contribution is -0.179. The number of anilines is 3. The van der Waals surface area contributed by atoms with Crippen LogP contribution >= 0.6 is 0 Å². The zero-order valence-corrected chi connectivity index (χ0v) is 18.2. The molecule has 1 aliphatic rings. The van der Waals surface area contributed by atoms with Gasteiger partial charge in [0.25, 0.3) is 0 Å². The lowest BCUT2D eigenvalue weighted by atomic mass is 9.96. The molecule has 0 aliphatic carbocycles. The van der Waals surface area contributed by atoms with E-state index in [1.54, 1.807) is 0 Å². The van der Waals surface area contributed by atoms with Crippen molar-refractivity contribution >= 4 is 28.8 Å². The van der Waals surface area contributed by atoms with E-state index in [1.807, 2.05) is 53.4 Å². The maximum atomic E-state index is 12.8. The van der Waals surface area contributed by atoms with E-state index in [1.165, 1.54) is 0 Å². The fourth-order valence-corrected chi connectivity index (χ4v) is 3.81. The first kappa shape index (κ1) is 24.6. The van der Waals surface area contributed by atoms with Crippen molar-refractivity contribution in [2.45, 2.75) is 38.4 Å². The Labute approximate surface area is 190 Å². The highest BCUT2D eigenvalue weighted by Crippen LogP contribution is 2.35. The first-order chi connectivity index (χ1) is 15.7. The number of hydrogen-bond donors (Lipinski definition) is 3. The van der Waals surface area contributed by atoms with Crippen molar-refractivity contribution in [1.82, 2.24) is 5.32 Å². The van der Waals surface area contributed by atoms with Crippen LogP contribution in [0, 0.1) is 5.92 Å². The van der Waals surface area contributed by atoms with Crippen LogP contribution < -0.4 is 15.5 Å². The van der Waals surface area contributed by atoms with Crippen LogP contribution in [0.5, 0.6) is 0 Å². The highest BCUT2D eigenvalue weighted by atomic mass is 19.4. The van der Waals surface area contributed by atoms with E-state index in [0.29, 0.717) is 32.6 Å². The summed E-state index contributed by atoms with van der Waals surface area (Å²) in [5, 5.41) is 15.0. The van der Waals surface area contributed by atoms with Crippen molar-refractivity contribution in [2.24, 2.45) is 5.92 Å². The van der Waals surface area contributed by atoms with E-state index in [-0.39, 0.29) is 19.3 Å². The molecule has 6 nitrogen and oxygen atoms in total. The summed E-state index contributed by atoms with van der Waals surface area (Å²) in [6, 6.07) is 15.5. The van der Waals surface area contributed by atoms with Gasteiger partial charge in [-0.05, 0) is 67.8 Å². The number of carboxylic acid groups (broad SMARTS) is 1. The Morgan fingerprint density at radius 3 is 2.09 bits per heavy atom. The molecular weight excluding hydrogens is 435 g/mol. The summed E-state index contributed by atoms with van der Waals surface area (Å²) < 4.78 is 38.5. The number of alkyl halides is 3. The van der Waals surface area contributed by atoms with Crippen molar-refractivity contribution < 1.29 is 27.9 Å². The fourth-order valence-electron chi connectivity index (χ4n) is 3.81. The number of carbonyl (C=O) groups is 2. The minimum absolute atomic E-state index is 0.0236. The Balaban J connectivity index is 1.42. The number of rotatable bonds is 10. The number of hydrogen-bond acceptors (Lipinski definition) is 5. The second-order valence-corrected chi connectivity index (χ2v) is 8.18. The van der Waals surface area contributed by atoms with Crippen LogP contribution in [0.4, 0.5) is 30.2 Å². The van der Waals surface area contributed by atoms with Crippen LogP contribution in [-0.2, 0) is 16.1 Å². The molecule has 33 heavy (non-hydrogen) atoms. The second-order valence-electron chi connectivity index (χ2n) is 8.18. The summed E-state index contributed by atoms with van der Waals surface area (Å²) in [7, 11) is 0. The number of nitrogens with one attached hydrogen (secondary N) is 2. The third-order valence-corrected chi connectivity index (χ3v) is 5.76. The molecule has 1 saturated heterocycles. The number of halogens is 3. The van der Waals surface area contributed by atoms with Crippen molar-refractivity contribution in [2.75, 3.05) is 29.9 Å². The SMILES string of the molecule is O=C(O)C(=O)CCCNCc1ccc(Nc2ccc(N3CCC(C(F)(F)F)CC3)cc2)cc1. The molecule has 0 bridgehead atoms. The highest BCUT2D eigenvalue weighted by molar-refractivity contribution is 6.32. The van der Waals surface area contributed by atoms with Gasteiger partial charge in [-0.15, -0.1) is 0 Å². The molecule has 1 aliphatic heterocycles. The number of piperidine rings is 1. The molecule has 2 aromatic rings. The van der Waals surface area contributed by atoms with Gasteiger partial charge in [-0.25, -0.2) is 4.79 Å². The van der Waals surface area contributed by atoms with Crippen molar-refractivity contribution in [3.8, 4) is 0 Å². The molecule has 0 radical (unpaired) electrons. The Hall–Kier alpha value is -3.07. The van der Waals surface area contributed by atoms with Crippen LogP contribution in [0.1, 0.15) is 31.2 Å². The average Bonchev–Trinajstić information content (AvgIpc) is 2.80. The molecule has 1 heterocycles. The van der Waals surface area contributed by atoms with E-state index in [2.05, 4.69) is 10.6 Å². The van der Waals surface area contributed by atoms with Crippen LogP contribution in [0.25, 0.3) is 0 Å². The normalized spacial score (nSPS) is 14.8. The lowest BCUT2D eigenvalue weighted by Gasteiger charge is -2.34. The average molecular weight is 464 g/mol. The summed E-state index contributed by atoms with van der Waals surface area (Å²) in [5.74, 6) is -3.36. The van der Waals surface area contributed by atoms with Crippen molar-refractivity contribution in [1.29, 1.82) is 0 Å². The smallest absolute Gasteiger partial charge is 0.391 e. The molecule has 178 valence electrons. The molecule has 3 rings (SSSR count). The second kappa shape index (κ2) is 11.2. The Morgan fingerprint density at radius 2 is 1.55 bits per heavy atom. The predicted molar refractivity (Wildman–Crippen MR) is 121 cm³/mol. The standard InChI is InChI=1S/C24H28F3N3O3/c25-24(26,27)18-11-14-30(15-12-18)21-9-7-20(8-10-21)29-19-5-3-17(4-6-19)16-28-13-1-2-22(31)23(32)33/h3-10,18,28-29H,1-2,11-16H2,(H,32,33). The topological polar surface area (TPSA) is 81.7 Å². The Kier molecular flexibility index (Phi) is 8.32. The van der Waals surface area contributed by atoms with Crippen LogP contribution in [0.3, 0.4) is 0 Å². The molecule has 0 aromatic heterocycles. The minimum atomic E-state index is -4.10. The van der Waals surface area contributed by atoms with Crippen molar-refractivity contribution in [3.63, 3.8) is 0 Å². The first-order valence-electron chi connectivity index (χ1n) is 11.0. The number of carbonyl (C=O) groups excluding carboxylic acids is 1. The Bertz CT molecular complexity index is 923. The van der Waals surface area contributed by atoms with E-state index in [0.717, 1.165) is 22.6 Å². The third-order valence-electron chi connectivity index (χ3n) is 5.76. The molecule has 1 fully saturated rings. The van der Waals surface area contributed by atoms with Gasteiger partial charge in [0.2, 0.25) is 5.78 Å². The van der Waals surface area contributed by atoms with E-state index in [9.17, 15) is 22.8 Å². The summed E-state index contributed by atoms with van der Waals surface area (Å²) in [6.07, 6.45) is -3.35. The predicted octanol–water partition coefficient (Wildman–Crippen LogP) is 4.73. The molecular formula is C24H28F3N3O3. The van der Waals surface area contributed by atoms with Gasteiger partial charge in [-0.2, -0.15) is 13.2 Å². The zero-order valence-electron chi connectivity index (χ0n) is 18.2. The van der Waals surface area contributed by atoms with E-state index >= 15 is 0 Å². The zero-order chi connectivity index (χ0) is 23.8. The summed E-state index contributed by atoms with van der Waals surface area (Å²) >= 11 is 0.